The van der Waals surface area contributed by atoms with Crippen molar-refractivity contribution in [3.05, 3.63) is 66.9 Å². The van der Waals surface area contributed by atoms with Crippen LogP contribution in [0.25, 0.3) is 11.4 Å². The Morgan fingerprint density at radius 2 is 1.67 bits per heavy atom. The van der Waals surface area contributed by atoms with Crippen LogP contribution in [-0.4, -0.2) is 47.4 Å². The van der Waals surface area contributed by atoms with Crippen LogP contribution in [0.2, 0.25) is 0 Å². The van der Waals surface area contributed by atoms with E-state index in [9.17, 15) is 9.59 Å². The summed E-state index contributed by atoms with van der Waals surface area (Å²) >= 11 is 0. The molecular formula is C21H22N10O2. The molecule has 0 aliphatic heterocycles. The average molecular weight is 446 g/mol. The van der Waals surface area contributed by atoms with E-state index in [1.54, 1.807) is 28.7 Å². The molecule has 0 saturated heterocycles. The minimum Gasteiger partial charge on any atom is -0.368 e. The van der Waals surface area contributed by atoms with Gasteiger partial charge >= 0.3 is 0 Å². The van der Waals surface area contributed by atoms with Crippen LogP contribution in [-0.2, 0) is 4.79 Å². The lowest BCUT2D eigenvalue weighted by atomic mass is 10.2. The van der Waals surface area contributed by atoms with Crippen LogP contribution in [0.3, 0.4) is 0 Å². The van der Waals surface area contributed by atoms with Crippen LogP contribution in [0.4, 0.5) is 17.5 Å². The number of benzene rings is 1. The molecule has 0 radical (unpaired) electrons. The zero-order chi connectivity index (χ0) is 23.4. The normalized spacial score (nSPS) is 11.7. The summed E-state index contributed by atoms with van der Waals surface area (Å²) in [5, 5.41) is 14.6. The van der Waals surface area contributed by atoms with Gasteiger partial charge in [0, 0.05) is 36.7 Å². The molecule has 1 atom stereocenters. The number of nitrogens with two attached hydrogens (primary N) is 2. The number of anilines is 3. The molecule has 0 aliphatic carbocycles. The zero-order valence-corrected chi connectivity index (χ0v) is 17.7. The highest BCUT2D eigenvalue weighted by Crippen LogP contribution is 2.25. The standard InChI is InChI=1S/C21H22N10O2/c1-2-17(19(23)33)28-21-24-12-16(18(22)32)20(29-21)27-13-9-14(30-7-3-5-25-30)11-15(10-13)31-8-4-6-26-31/h3-12,17H,2H2,1H3,(H2,22,32)(H2,23,33)(H2,24,27,28,29). The topological polar surface area (TPSA) is 172 Å². The monoisotopic (exact) mass is 446 g/mol. The largest absolute Gasteiger partial charge is 0.368 e. The van der Waals surface area contributed by atoms with Gasteiger partial charge in [0.2, 0.25) is 11.9 Å². The molecule has 0 bridgehead atoms. The van der Waals surface area contributed by atoms with Crippen molar-refractivity contribution in [3.63, 3.8) is 0 Å². The molecule has 6 N–H and O–H groups in total. The van der Waals surface area contributed by atoms with Crippen molar-refractivity contribution < 1.29 is 9.59 Å². The van der Waals surface area contributed by atoms with Crippen molar-refractivity contribution in [2.45, 2.75) is 19.4 Å². The molecule has 1 aromatic carbocycles. The van der Waals surface area contributed by atoms with E-state index in [0.717, 1.165) is 11.4 Å². The number of hydrogen-bond acceptors (Lipinski definition) is 8. The van der Waals surface area contributed by atoms with Gasteiger partial charge in [0.25, 0.3) is 5.91 Å². The highest BCUT2D eigenvalue weighted by molar-refractivity contribution is 5.98. The van der Waals surface area contributed by atoms with Crippen LogP contribution in [0.15, 0.2) is 61.3 Å². The fourth-order valence-corrected chi connectivity index (χ4v) is 3.17. The number of aromatic nitrogens is 6. The Labute approximate surface area is 188 Å². The van der Waals surface area contributed by atoms with Gasteiger partial charge in [-0.3, -0.25) is 9.59 Å². The first-order valence-corrected chi connectivity index (χ1v) is 10.1. The molecule has 0 saturated carbocycles. The van der Waals surface area contributed by atoms with Gasteiger partial charge in [-0.25, -0.2) is 14.3 Å². The van der Waals surface area contributed by atoms with E-state index in [1.807, 2.05) is 42.7 Å². The second-order valence-electron chi connectivity index (χ2n) is 7.09. The second-order valence-corrected chi connectivity index (χ2v) is 7.09. The number of carbonyl (C=O) groups excluding carboxylic acids is 2. The van der Waals surface area contributed by atoms with E-state index < -0.39 is 17.9 Å². The average Bonchev–Trinajstić information content (AvgIpc) is 3.51. The molecular weight excluding hydrogens is 424 g/mol. The molecule has 12 nitrogen and oxygen atoms in total. The second kappa shape index (κ2) is 9.18. The van der Waals surface area contributed by atoms with Gasteiger partial charge in [0.1, 0.15) is 17.4 Å². The van der Waals surface area contributed by atoms with E-state index in [1.165, 1.54) is 6.20 Å². The third-order valence-corrected chi connectivity index (χ3v) is 4.81. The van der Waals surface area contributed by atoms with Gasteiger partial charge in [0.15, 0.2) is 0 Å². The van der Waals surface area contributed by atoms with Crippen LogP contribution in [0.1, 0.15) is 23.7 Å². The Morgan fingerprint density at radius 3 is 2.15 bits per heavy atom. The summed E-state index contributed by atoms with van der Waals surface area (Å²) in [5.74, 6) is -0.945. The maximum Gasteiger partial charge on any atom is 0.254 e. The summed E-state index contributed by atoms with van der Waals surface area (Å²) in [4.78, 5) is 32.0. The van der Waals surface area contributed by atoms with Crippen molar-refractivity contribution in [1.29, 1.82) is 0 Å². The molecule has 0 fully saturated rings. The Kier molecular flexibility index (Phi) is 5.98. The molecule has 12 heteroatoms. The molecule has 3 heterocycles. The van der Waals surface area contributed by atoms with Gasteiger partial charge in [-0.2, -0.15) is 15.2 Å². The number of primary amides is 2. The predicted octanol–water partition coefficient (Wildman–Crippen LogP) is 1.37. The lowest BCUT2D eigenvalue weighted by molar-refractivity contribution is -0.118. The Hall–Kier alpha value is -4.74. The maximum atomic E-state index is 12.0. The first kappa shape index (κ1) is 21.5. The van der Waals surface area contributed by atoms with Crippen LogP contribution >= 0.6 is 0 Å². The van der Waals surface area contributed by atoms with Crippen LogP contribution in [0.5, 0.6) is 0 Å². The number of amides is 2. The van der Waals surface area contributed by atoms with E-state index in [0.29, 0.717) is 12.1 Å². The van der Waals surface area contributed by atoms with Crippen molar-refractivity contribution in [3.8, 4) is 11.4 Å². The summed E-state index contributed by atoms with van der Waals surface area (Å²) in [6.07, 6.45) is 8.69. The summed E-state index contributed by atoms with van der Waals surface area (Å²) in [6.45, 7) is 1.80. The predicted molar refractivity (Wildman–Crippen MR) is 121 cm³/mol. The lowest BCUT2D eigenvalue weighted by Crippen LogP contribution is -2.35. The Bertz CT molecular complexity index is 1220. The zero-order valence-electron chi connectivity index (χ0n) is 17.7. The molecule has 3 aromatic heterocycles. The highest BCUT2D eigenvalue weighted by atomic mass is 16.1. The number of rotatable bonds is 9. The molecule has 0 spiro atoms. The van der Waals surface area contributed by atoms with Crippen molar-refractivity contribution in [2.24, 2.45) is 11.5 Å². The molecule has 4 aromatic rings. The molecule has 0 aliphatic rings. The summed E-state index contributed by atoms with van der Waals surface area (Å²) in [6, 6.07) is 8.53. The first-order valence-electron chi connectivity index (χ1n) is 10.1. The Balaban J connectivity index is 1.75. The van der Waals surface area contributed by atoms with Crippen molar-refractivity contribution >= 4 is 29.3 Å². The van der Waals surface area contributed by atoms with Crippen LogP contribution < -0.4 is 22.1 Å². The van der Waals surface area contributed by atoms with Gasteiger partial charge in [-0.1, -0.05) is 6.92 Å². The minimum atomic E-state index is -0.707. The number of nitrogens with one attached hydrogen (secondary N) is 2. The van der Waals surface area contributed by atoms with Gasteiger partial charge < -0.3 is 22.1 Å². The maximum absolute atomic E-state index is 12.0. The highest BCUT2D eigenvalue weighted by Gasteiger charge is 2.18. The SMILES string of the molecule is CCC(Nc1ncc(C(N)=O)c(Nc2cc(-n3cccn3)cc(-n3cccn3)c2)n1)C(N)=O. The Morgan fingerprint density at radius 1 is 1.03 bits per heavy atom. The number of carbonyl (C=O) groups is 2. The van der Waals surface area contributed by atoms with Crippen molar-refractivity contribution in [2.75, 3.05) is 10.6 Å². The fraction of sp³-hybridized carbons (Fsp3) is 0.143. The van der Waals surface area contributed by atoms with E-state index in [4.69, 9.17) is 11.5 Å². The smallest absolute Gasteiger partial charge is 0.254 e. The fourth-order valence-electron chi connectivity index (χ4n) is 3.17. The quantitative estimate of drug-likeness (QED) is 0.298. The third-order valence-electron chi connectivity index (χ3n) is 4.81. The minimum absolute atomic E-state index is 0.0813. The molecule has 33 heavy (non-hydrogen) atoms. The first-order chi connectivity index (χ1) is 15.9. The van der Waals surface area contributed by atoms with Crippen LogP contribution in [0, 0.1) is 0 Å². The number of hydrogen-bond donors (Lipinski definition) is 4. The molecule has 2 amide bonds. The number of nitrogens with zero attached hydrogens (tertiary/aromatic N) is 6. The summed E-state index contributed by atoms with van der Waals surface area (Å²) < 4.78 is 3.39. The molecule has 1 unspecified atom stereocenters. The van der Waals surface area contributed by atoms with E-state index in [2.05, 4.69) is 30.8 Å². The third kappa shape index (κ3) is 4.79. The van der Waals surface area contributed by atoms with Gasteiger partial charge in [0.05, 0.1) is 11.4 Å². The van der Waals surface area contributed by atoms with Crippen molar-refractivity contribution in [1.82, 2.24) is 29.5 Å². The van der Waals surface area contributed by atoms with E-state index in [-0.39, 0.29) is 17.3 Å². The molecule has 4 rings (SSSR count). The molecule has 168 valence electrons. The summed E-state index contributed by atoms with van der Waals surface area (Å²) in [5.41, 5.74) is 13.1. The van der Waals surface area contributed by atoms with Gasteiger partial charge in [-0.15, -0.1) is 0 Å². The summed E-state index contributed by atoms with van der Waals surface area (Å²) in [7, 11) is 0. The van der Waals surface area contributed by atoms with Gasteiger partial charge in [-0.05, 0) is 36.8 Å². The lowest BCUT2D eigenvalue weighted by Gasteiger charge is -2.16. The van der Waals surface area contributed by atoms with E-state index >= 15 is 0 Å².